The van der Waals surface area contributed by atoms with E-state index < -0.39 is 5.97 Å². The van der Waals surface area contributed by atoms with Crippen LogP contribution in [0.3, 0.4) is 0 Å². The van der Waals surface area contributed by atoms with Crippen molar-refractivity contribution in [3.05, 3.63) is 53.3 Å². The Kier molecular flexibility index (Phi) is 3.80. The summed E-state index contributed by atoms with van der Waals surface area (Å²) in [6.07, 6.45) is 2.07. The third-order valence-corrected chi connectivity index (χ3v) is 4.32. The van der Waals surface area contributed by atoms with Gasteiger partial charge in [0.2, 0.25) is 0 Å². The molecule has 0 amide bonds. The van der Waals surface area contributed by atoms with Crippen molar-refractivity contribution in [2.45, 2.75) is 26.2 Å². The molecule has 0 saturated heterocycles. The number of pyridine rings is 1. The summed E-state index contributed by atoms with van der Waals surface area (Å²) in [5.41, 5.74) is 2.93. The number of nitrogens with zero attached hydrogens (tertiary/aromatic N) is 3. The van der Waals surface area contributed by atoms with E-state index in [1.165, 1.54) is 0 Å². The molecular formula is C19H17N3O3. The zero-order chi connectivity index (χ0) is 17.4. The second-order valence-electron chi connectivity index (χ2n) is 5.95. The van der Waals surface area contributed by atoms with E-state index >= 15 is 0 Å². The molecule has 1 aliphatic rings. The Morgan fingerprint density at radius 2 is 2.04 bits per heavy atom. The zero-order valence-electron chi connectivity index (χ0n) is 13.9. The minimum absolute atomic E-state index is 0.0675. The third kappa shape index (κ3) is 2.59. The average molecular weight is 335 g/mol. The van der Waals surface area contributed by atoms with Gasteiger partial charge in [0, 0.05) is 12.0 Å². The van der Waals surface area contributed by atoms with Crippen LogP contribution in [0.1, 0.15) is 46.3 Å². The molecule has 6 nitrogen and oxygen atoms in total. The second-order valence-corrected chi connectivity index (χ2v) is 5.95. The number of esters is 1. The number of ketones is 1. The van der Waals surface area contributed by atoms with Crippen LogP contribution in [0.25, 0.3) is 16.7 Å². The highest BCUT2D eigenvalue weighted by molar-refractivity contribution is 6.06. The summed E-state index contributed by atoms with van der Waals surface area (Å²) >= 11 is 0. The number of hydrogen-bond donors (Lipinski definition) is 0. The molecule has 0 bridgehead atoms. The number of carbonyl (C=O) groups is 2. The zero-order valence-corrected chi connectivity index (χ0v) is 13.9. The normalized spacial score (nSPS) is 13.7. The van der Waals surface area contributed by atoms with Crippen molar-refractivity contribution in [1.29, 1.82) is 0 Å². The van der Waals surface area contributed by atoms with E-state index in [4.69, 9.17) is 4.74 Å². The molecule has 0 saturated carbocycles. The van der Waals surface area contributed by atoms with Gasteiger partial charge < -0.3 is 4.74 Å². The lowest BCUT2D eigenvalue weighted by Crippen LogP contribution is -2.13. The van der Waals surface area contributed by atoms with E-state index in [2.05, 4.69) is 10.1 Å². The number of benzene rings is 1. The van der Waals surface area contributed by atoms with Gasteiger partial charge in [-0.25, -0.2) is 14.5 Å². The Morgan fingerprint density at radius 1 is 1.24 bits per heavy atom. The summed E-state index contributed by atoms with van der Waals surface area (Å²) in [5, 5.41) is 4.99. The number of rotatable bonds is 3. The molecule has 2 heterocycles. The number of para-hydroxylation sites is 1. The molecule has 0 spiro atoms. The second kappa shape index (κ2) is 6.12. The highest BCUT2D eigenvalue weighted by Gasteiger charge is 2.25. The predicted molar refractivity (Wildman–Crippen MR) is 92.1 cm³/mol. The van der Waals surface area contributed by atoms with Gasteiger partial charge in [-0.3, -0.25) is 4.79 Å². The maximum absolute atomic E-state index is 12.3. The summed E-state index contributed by atoms with van der Waals surface area (Å²) in [6.45, 7) is 2.01. The van der Waals surface area contributed by atoms with Crippen molar-refractivity contribution in [3.8, 4) is 5.69 Å². The summed E-state index contributed by atoms with van der Waals surface area (Å²) in [4.78, 5) is 29.2. The Hall–Kier alpha value is -3.02. The number of aryl methyl sites for hydroxylation is 1. The van der Waals surface area contributed by atoms with E-state index in [1.807, 2.05) is 30.3 Å². The van der Waals surface area contributed by atoms with Crippen molar-refractivity contribution in [1.82, 2.24) is 14.8 Å². The highest BCUT2D eigenvalue weighted by Crippen LogP contribution is 2.28. The van der Waals surface area contributed by atoms with Crippen molar-refractivity contribution in [2.24, 2.45) is 0 Å². The molecule has 0 aliphatic heterocycles. The Labute approximate surface area is 144 Å². The number of ether oxygens (including phenoxy) is 1. The van der Waals surface area contributed by atoms with E-state index in [9.17, 15) is 9.59 Å². The van der Waals surface area contributed by atoms with Crippen LogP contribution in [-0.2, 0) is 11.2 Å². The van der Waals surface area contributed by atoms with Crippen molar-refractivity contribution in [3.63, 3.8) is 0 Å². The number of fused-ring (bicyclic) bond motifs is 2. The number of hydrogen-bond acceptors (Lipinski definition) is 5. The minimum atomic E-state index is -0.507. The van der Waals surface area contributed by atoms with Crippen LogP contribution in [-0.4, -0.2) is 33.1 Å². The molecular weight excluding hydrogens is 318 g/mol. The van der Waals surface area contributed by atoms with Gasteiger partial charge in [0.05, 0.1) is 23.4 Å². The van der Waals surface area contributed by atoms with Crippen LogP contribution in [0.4, 0.5) is 0 Å². The summed E-state index contributed by atoms with van der Waals surface area (Å²) in [6, 6.07) is 11.2. The monoisotopic (exact) mass is 335 g/mol. The van der Waals surface area contributed by atoms with Gasteiger partial charge in [0.15, 0.2) is 17.1 Å². The lowest BCUT2D eigenvalue weighted by Gasteiger charge is -2.13. The van der Waals surface area contributed by atoms with Gasteiger partial charge in [0.25, 0.3) is 0 Å². The molecule has 0 N–H and O–H groups in total. The molecule has 0 unspecified atom stereocenters. The Bertz CT molecular complexity index is 976. The lowest BCUT2D eigenvalue weighted by atomic mass is 9.94. The van der Waals surface area contributed by atoms with Gasteiger partial charge >= 0.3 is 5.97 Å². The van der Waals surface area contributed by atoms with E-state index in [0.717, 1.165) is 24.2 Å². The van der Waals surface area contributed by atoms with Crippen LogP contribution in [0.15, 0.2) is 36.4 Å². The van der Waals surface area contributed by atoms with Crippen molar-refractivity contribution < 1.29 is 14.3 Å². The Balaban J connectivity index is 1.99. The summed E-state index contributed by atoms with van der Waals surface area (Å²) < 4.78 is 6.77. The van der Waals surface area contributed by atoms with Gasteiger partial charge in [0.1, 0.15) is 0 Å². The van der Waals surface area contributed by atoms with E-state index in [1.54, 1.807) is 17.7 Å². The molecule has 1 aromatic carbocycles. The molecule has 25 heavy (non-hydrogen) atoms. The highest BCUT2D eigenvalue weighted by atomic mass is 16.5. The van der Waals surface area contributed by atoms with Crippen LogP contribution < -0.4 is 0 Å². The molecule has 0 radical (unpaired) electrons. The minimum Gasteiger partial charge on any atom is -0.461 e. The van der Waals surface area contributed by atoms with Gasteiger partial charge in [-0.05, 0) is 38.0 Å². The van der Waals surface area contributed by atoms with Crippen LogP contribution in [0.5, 0.6) is 0 Å². The molecule has 126 valence electrons. The van der Waals surface area contributed by atoms with Crippen LogP contribution in [0, 0.1) is 0 Å². The Morgan fingerprint density at radius 3 is 2.80 bits per heavy atom. The number of aromatic nitrogens is 3. The molecule has 1 aliphatic carbocycles. The van der Waals surface area contributed by atoms with Gasteiger partial charge in [-0.1, -0.05) is 18.2 Å². The quantitative estimate of drug-likeness (QED) is 0.688. The smallest absolute Gasteiger partial charge is 0.359 e. The fraction of sp³-hybridized carbons (Fsp3) is 0.263. The van der Waals surface area contributed by atoms with Crippen LogP contribution >= 0.6 is 0 Å². The van der Waals surface area contributed by atoms with E-state index in [-0.39, 0.29) is 18.1 Å². The molecule has 6 heteroatoms. The molecule has 0 atom stereocenters. The average Bonchev–Trinajstić information content (AvgIpc) is 3.00. The molecule has 2 aromatic heterocycles. The standard InChI is InChI=1S/C19H17N3O3/c1-2-25-19(24)17-14-11-13-15(9-6-10-16(13)23)20-18(14)22(21-17)12-7-4-3-5-8-12/h3-5,7-8,11H,2,6,9-10H2,1H3. The number of Topliss-reactive ketones (excluding diaryl/α,β-unsaturated/α-hetero) is 1. The van der Waals surface area contributed by atoms with Gasteiger partial charge in [-0.15, -0.1) is 0 Å². The first-order valence-electron chi connectivity index (χ1n) is 8.37. The van der Waals surface area contributed by atoms with Crippen molar-refractivity contribution in [2.75, 3.05) is 6.61 Å². The first-order chi connectivity index (χ1) is 12.2. The molecule has 3 aromatic rings. The summed E-state index contributed by atoms with van der Waals surface area (Å²) in [7, 11) is 0. The first-order valence-corrected chi connectivity index (χ1v) is 8.37. The van der Waals surface area contributed by atoms with Crippen molar-refractivity contribution >= 4 is 22.8 Å². The van der Waals surface area contributed by atoms with Gasteiger partial charge in [-0.2, -0.15) is 5.10 Å². The largest absolute Gasteiger partial charge is 0.461 e. The molecule has 0 fully saturated rings. The fourth-order valence-electron chi connectivity index (χ4n) is 3.16. The summed E-state index contributed by atoms with van der Waals surface area (Å²) in [5.74, 6) is -0.440. The topological polar surface area (TPSA) is 74.1 Å². The lowest BCUT2D eigenvalue weighted by molar-refractivity contribution is 0.0521. The van der Waals surface area contributed by atoms with E-state index in [0.29, 0.717) is 23.0 Å². The number of carbonyl (C=O) groups excluding carboxylic acids is 2. The fourth-order valence-corrected chi connectivity index (χ4v) is 3.16. The first kappa shape index (κ1) is 15.5. The maximum atomic E-state index is 12.3. The SMILES string of the molecule is CCOC(=O)c1nn(-c2ccccc2)c2nc3c(cc12)C(=O)CCC3. The van der Waals surface area contributed by atoms with Crippen LogP contribution in [0.2, 0.25) is 0 Å². The predicted octanol–water partition coefficient (Wildman–Crippen LogP) is 3.12. The molecule has 4 rings (SSSR count). The maximum Gasteiger partial charge on any atom is 0.359 e. The third-order valence-electron chi connectivity index (χ3n) is 4.32.